The SMILES string of the molecule is CC(=O)OC[C@H]1O[C@@H](N2CC(N)C(=O)NC2=O)[C@H](OC(C)=O)[C@@H]1OC(C)=O. The first kappa shape index (κ1) is 20.6. The van der Waals surface area contributed by atoms with Gasteiger partial charge in [0.25, 0.3) is 0 Å². The van der Waals surface area contributed by atoms with Crippen molar-refractivity contribution in [3.63, 3.8) is 0 Å². The van der Waals surface area contributed by atoms with E-state index in [1.54, 1.807) is 0 Å². The maximum Gasteiger partial charge on any atom is 0.326 e. The fourth-order valence-electron chi connectivity index (χ4n) is 2.81. The highest BCUT2D eigenvalue weighted by Gasteiger charge is 2.54. The maximum atomic E-state index is 12.2. The van der Waals surface area contributed by atoms with E-state index < -0.39 is 60.4 Å². The zero-order valence-electron chi connectivity index (χ0n) is 15.0. The van der Waals surface area contributed by atoms with Gasteiger partial charge >= 0.3 is 23.9 Å². The molecule has 12 nitrogen and oxygen atoms in total. The van der Waals surface area contributed by atoms with Gasteiger partial charge in [-0.1, -0.05) is 0 Å². The van der Waals surface area contributed by atoms with E-state index in [9.17, 15) is 24.0 Å². The lowest BCUT2D eigenvalue weighted by molar-refractivity contribution is -0.167. The number of esters is 3. The van der Waals surface area contributed by atoms with Gasteiger partial charge in [0, 0.05) is 27.3 Å². The predicted octanol–water partition coefficient (Wildman–Crippen LogP) is -1.98. The molecule has 0 spiro atoms. The smallest absolute Gasteiger partial charge is 0.326 e. The molecule has 2 saturated heterocycles. The van der Waals surface area contributed by atoms with E-state index in [-0.39, 0.29) is 13.2 Å². The van der Waals surface area contributed by atoms with Gasteiger partial charge in [-0.15, -0.1) is 0 Å². The number of nitrogens with two attached hydrogens (primary N) is 1. The van der Waals surface area contributed by atoms with Crippen LogP contribution in [0, 0.1) is 0 Å². The summed E-state index contributed by atoms with van der Waals surface area (Å²) in [5, 5.41) is 2.06. The number of ether oxygens (including phenoxy) is 4. The molecule has 0 aromatic carbocycles. The van der Waals surface area contributed by atoms with Crippen molar-refractivity contribution in [1.29, 1.82) is 0 Å². The normalized spacial score (nSPS) is 30.5. The van der Waals surface area contributed by atoms with E-state index in [1.807, 2.05) is 0 Å². The molecule has 27 heavy (non-hydrogen) atoms. The van der Waals surface area contributed by atoms with Crippen molar-refractivity contribution in [3.8, 4) is 0 Å². The van der Waals surface area contributed by atoms with E-state index >= 15 is 0 Å². The van der Waals surface area contributed by atoms with Crippen LogP contribution in [0.3, 0.4) is 0 Å². The number of rotatable bonds is 5. The fourth-order valence-corrected chi connectivity index (χ4v) is 2.81. The van der Waals surface area contributed by atoms with Gasteiger partial charge in [-0.05, 0) is 0 Å². The summed E-state index contributed by atoms with van der Waals surface area (Å²) in [5.41, 5.74) is 5.67. The van der Waals surface area contributed by atoms with Gasteiger partial charge in [0.05, 0.1) is 0 Å². The van der Waals surface area contributed by atoms with Gasteiger partial charge in [-0.3, -0.25) is 29.4 Å². The van der Waals surface area contributed by atoms with Crippen molar-refractivity contribution in [1.82, 2.24) is 10.2 Å². The van der Waals surface area contributed by atoms with Gasteiger partial charge < -0.3 is 24.7 Å². The maximum absolute atomic E-state index is 12.2. The molecule has 12 heteroatoms. The number of amides is 3. The molecule has 2 aliphatic heterocycles. The van der Waals surface area contributed by atoms with Gasteiger partial charge in [-0.25, -0.2) is 4.79 Å². The highest BCUT2D eigenvalue weighted by atomic mass is 16.7. The van der Waals surface area contributed by atoms with Crippen LogP contribution in [0.15, 0.2) is 0 Å². The van der Waals surface area contributed by atoms with Crippen LogP contribution in [0.2, 0.25) is 0 Å². The Balaban J connectivity index is 2.30. The standard InChI is InChI=1S/C15H21N3O9/c1-6(19)24-5-10-11(25-7(2)20)12(26-8(3)21)14(27-10)18-4-9(16)13(22)17-15(18)23/h9-12,14H,4-5,16H2,1-3H3,(H,17,22,23)/t9?,10-,11-,12-,14-/m1/s1. The Kier molecular flexibility index (Phi) is 6.33. The van der Waals surface area contributed by atoms with Crippen LogP contribution in [0.25, 0.3) is 0 Å². The largest absolute Gasteiger partial charge is 0.463 e. The Labute approximate surface area is 154 Å². The summed E-state index contributed by atoms with van der Waals surface area (Å²) < 4.78 is 21.0. The van der Waals surface area contributed by atoms with Crippen molar-refractivity contribution >= 4 is 29.8 Å². The second-order valence-electron chi connectivity index (χ2n) is 6.07. The first-order chi connectivity index (χ1) is 12.6. The second-order valence-corrected chi connectivity index (χ2v) is 6.07. The Morgan fingerprint density at radius 2 is 1.70 bits per heavy atom. The molecule has 1 unspecified atom stereocenters. The van der Waals surface area contributed by atoms with E-state index in [4.69, 9.17) is 24.7 Å². The number of hydrogen-bond donors (Lipinski definition) is 2. The summed E-state index contributed by atoms with van der Waals surface area (Å²) in [6.07, 6.45) is -4.57. The lowest BCUT2D eigenvalue weighted by Gasteiger charge is -2.36. The monoisotopic (exact) mass is 387 g/mol. The van der Waals surface area contributed by atoms with Crippen LogP contribution in [-0.2, 0) is 38.1 Å². The second kappa shape index (κ2) is 8.31. The van der Waals surface area contributed by atoms with Gasteiger partial charge in [0.15, 0.2) is 18.4 Å². The van der Waals surface area contributed by atoms with Crippen molar-refractivity contribution in [2.45, 2.75) is 51.4 Å². The Bertz CT molecular complexity index is 652. The summed E-state index contributed by atoms with van der Waals surface area (Å²) in [7, 11) is 0. The lowest BCUT2D eigenvalue weighted by atomic mass is 10.1. The van der Waals surface area contributed by atoms with Gasteiger partial charge in [-0.2, -0.15) is 0 Å². The van der Waals surface area contributed by atoms with Crippen molar-refractivity contribution < 1.29 is 42.9 Å². The minimum Gasteiger partial charge on any atom is -0.463 e. The number of urea groups is 1. The molecule has 150 valence electrons. The first-order valence-corrected chi connectivity index (χ1v) is 8.10. The van der Waals surface area contributed by atoms with Crippen LogP contribution >= 0.6 is 0 Å². The lowest BCUT2D eigenvalue weighted by Crippen LogP contribution is -2.64. The number of hydrogen-bond acceptors (Lipinski definition) is 10. The zero-order chi connectivity index (χ0) is 20.3. The summed E-state index contributed by atoms with van der Waals surface area (Å²) in [5.74, 6) is -2.66. The molecule has 3 amide bonds. The van der Waals surface area contributed by atoms with Crippen LogP contribution in [-0.4, -0.2) is 78.5 Å². The van der Waals surface area contributed by atoms with Crippen molar-refractivity contribution in [2.24, 2.45) is 5.73 Å². The number of nitrogens with one attached hydrogen (secondary N) is 1. The van der Waals surface area contributed by atoms with E-state index in [1.165, 1.54) is 6.92 Å². The third-order valence-electron chi connectivity index (χ3n) is 3.87. The van der Waals surface area contributed by atoms with Gasteiger partial charge in [0.2, 0.25) is 5.91 Å². The topological polar surface area (TPSA) is 164 Å². The van der Waals surface area contributed by atoms with Crippen LogP contribution in [0.5, 0.6) is 0 Å². The molecule has 0 aromatic rings. The van der Waals surface area contributed by atoms with Crippen molar-refractivity contribution in [3.05, 3.63) is 0 Å². The quantitative estimate of drug-likeness (QED) is 0.399. The molecular weight excluding hydrogens is 366 g/mol. The third-order valence-corrected chi connectivity index (χ3v) is 3.87. The molecule has 2 heterocycles. The molecule has 2 rings (SSSR count). The minimum atomic E-state index is -1.21. The summed E-state index contributed by atoms with van der Waals surface area (Å²) in [6, 6.07) is -1.83. The van der Waals surface area contributed by atoms with Gasteiger partial charge in [0.1, 0.15) is 18.8 Å². The predicted molar refractivity (Wildman–Crippen MR) is 84.6 cm³/mol. The Morgan fingerprint density at radius 3 is 2.26 bits per heavy atom. The van der Waals surface area contributed by atoms with E-state index in [0.717, 1.165) is 18.7 Å². The molecule has 0 bridgehead atoms. The molecule has 3 N–H and O–H groups in total. The molecule has 2 aliphatic rings. The molecule has 2 fully saturated rings. The summed E-state index contributed by atoms with van der Waals surface area (Å²) in [4.78, 5) is 58.9. The molecule has 0 radical (unpaired) electrons. The number of nitrogens with zero attached hydrogens (tertiary/aromatic N) is 1. The first-order valence-electron chi connectivity index (χ1n) is 8.10. The third kappa shape index (κ3) is 4.92. The fraction of sp³-hybridized carbons (Fsp3) is 0.667. The molecule has 0 aromatic heterocycles. The molecule has 0 saturated carbocycles. The average Bonchev–Trinajstić information content (AvgIpc) is 2.85. The highest BCUT2D eigenvalue weighted by molar-refractivity contribution is 5.99. The van der Waals surface area contributed by atoms with E-state index in [0.29, 0.717) is 0 Å². The number of carbonyl (C=O) groups excluding carboxylic acids is 5. The number of imide groups is 1. The van der Waals surface area contributed by atoms with Crippen molar-refractivity contribution in [2.75, 3.05) is 13.2 Å². The highest BCUT2D eigenvalue weighted by Crippen LogP contribution is 2.30. The Morgan fingerprint density at radius 1 is 1.11 bits per heavy atom. The summed E-state index contributed by atoms with van der Waals surface area (Å²) in [6.45, 7) is 2.94. The van der Waals surface area contributed by atoms with Crippen LogP contribution in [0.1, 0.15) is 20.8 Å². The van der Waals surface area contributed by atoms with Crippen LogP contribution in [0.4, 0.5) is 4.79 Å². The average molecular weight is 387 g/mol. The number of carbonyl (C=O) groups is 5. The van der Waals surface area contributed by atoms with E-state index in [2.05, 4.69) is 5.32 Å². The summed E-state index contributed by atoms with van der Waals surface area (Å²) >= 11 is 0. The molecule has 5 atom stereocenters. The molecular formula is C15H21N3O9. The zero-order valence-corrected chi connectivity index (χ0v) is 15.0. The Hall–Kier alpha value is -2.73. The minimum absolute atomic E-state index is 0.208. The molecule has 0 aliphatic carbocycles. The van der Waals surface area contributed by atoms with Crippen LogP contribution < -0.4 is 11.1 Å².